The van der Waals surface area contributed by atoms with E-state index in [0.29, 0.717) is 5.92 Å². The molecule has 0 aromatic rings. The van der Waals surface area contributed by atoms with Gasteiger partial charge in [0.15, 0.2) is 0 Å². The van der Waals surface area contributed by atoms with E-state index >= 15 is 0 Å². The van der Waals surface area contributed by atoms with Gasteiger partial charge in [0, 0.05) is 0 Å². The van der Waals surface area contributed by atoms with E-state index in [2.05, 4.69) is 17.6 Å². The van der Waals surface area contributed by atoms with Gasteiger partial charge in [-0.25, -0.2) is 0 Å². The number of rotatable bonds is 3. The minimum absolute atomic E-state index is 0.0646. The summed E-state index contributed by atoms with van der Waals surface area (Å²) in [6.07, 6.45) is 8.41. The van der Waals surface area contributed by atoms with Crippen LogP contribution in [0.1, 0.15) is 58.3 Å². The van der Waals surface area contributed by atoms with Crippen LogP contribution in [0.15, 0.2) is 0 Å². The summed E-state index contributed by atoms with van der Waals surface area (Å²) in [4.78, 5) is 12.4. The molecule has 1 aliphatic heterocycles. The average Bonchev–Trinajstić information content (AvgIpc) is 2.71. The molecule has 0 aromatic heterocycles. The largest absolute Gasteiger partial charge is 0.394 e. The summed E-state index contributed by atoms with van der Waals surface area (Å²) >= 11 is 0. The molecule has 0 spiro atoms. The first-order valence-corrected chi connectivity index (χ1v) is 7.81. The van der Waals surface area contributed by atoms with Crippen molar-refractivity contribution in [3.8, 4) is 0 Å². The molecule has 19 heavy (non-hydrogen) atoms. The Hall–Kier alpha value is -0.610. The van der Waals surface area contributed by atoms with Crippen molar-refractivity contribution in [2.24, 2.45) is 5.92 Å². The van der Waals surface area contributed by atoms with Crippen molar-refractivity contribution < 1.29 is 9.90 Å². The number of carbonyl (C=O) groups excluding carboxylic acids is 1. The molecule has 3 N–H and O–H groups in total. The van der Waals surface area contributed by atoms with Gasteiger partial charge in [-0.05, 0) is 51.0 Å². The maximum atomic E-state index is 12.4. The van der Waals surface area contributed by atoms with E-state index in [-0.39, 0.29) is 24.1 Å². The number of nitrogens with one attached hydrogen (secondary N) is 2. The Bertz CT molecular complexity index is 291. The molecule has 0 radical (unpaired) electrons. The zero-order valence-corrected chi connectivity index (χ0v) is 12.1. The third-order valence-electron chi connectivity index (χ3n) is 4.80. The van der Waals surface area contributed by atoms with Crippen LogP contribution in [0, 0.1) is 5.92 Å². The van der Waals surface area contributed by atoms with Gasteiger partial charge in [0.2, 0.25) is 5.91 Å². The van der Waals surface area contributed by atoms with Crippen LogP contribution in [0.3, 0.4) is 0 Å². The van der Waals surface area contributed by atoms with Crippen LogP contribution in [0.2, 0.25) is 0 Å². The molecule has 2 fully saturated rings. The summed E-state index contributed by atoms with van der Waals surface area (Å²) in [6, 6.07) is -0.0646. The first-order valence-electron chi connectivity index (χ1n) is 7.81. The van der Waals surface area contributed by atoms with E-state index < -0.39 is 0 Å². The molecule has 1 heterocycles. The molecule has 2 aliphatic rings. The van der Waals surface area contributed by atoms with Gasteiger partial charge >= 0.3 is 0 Å². The van der Waals surface area contributed by atoms with Gasteiger partial charge in [-0.2, -0.15) is 0 Å². The quantitative estimate of drug-likeness (QED) is 0.728. The molecule has 4 nitrogen and oxygen atoms in total. The highest BCUT2D eigenvalue weighted by Crippen LogP contribution is 2.31. The van der Waals surface area contributed by atoms with Crippen molar-refractivity contribution in [3.05, 3.63) is 0 Å². The number of carbonyl (C=O) groups is 1. The molecule has 1 aliphatic carbocycles. The fourth-order valence-electron chi connectivity index (χ4n) is 3.24. The third-order valence-corrected chi connectivity index (χ3v) is 4.80. The van der Waals surface area contributed by atoms with Gasteiger partial charge in [0.25, 0.3) is 0 Å². The van der Waals surface area contributed by atoms with Crippen LogP contribution in [-0.4, -0.2) is 35.7 Å². The van der Waals surface area contributed by atoms with Gasteiger partial charge in [-0.1, -0.05) is 19.8 Å². The zero-order valence-electron chi connectivity index (χ0n) is 12.1. The van der Waals surface area contributed by atoms with Crippen LogP contribution in [0.4, 0.5) is 0 Å². The van der Waals surface area contributed by atoms with Gasteiger partial charge in [0.1, 0.15) is 0 Å². The summed E-state index contributed by atoms with van der Waals surface area (Å²) in [7, 11) is 0. The Morgan fingerprint density at radius 2 is 2.00 bits per heavy atom. The predicted molar refractivity (Wildman–Crippen MR) is 75.9 cm³/mol. The summed E-state index contributed by atoms with van der Waals surface area (Å²) in [5, 5.41) is 16.2. The van der Waals surface area contributed by atoms with Crippen LogP contribution in [0.5, 0.6) is 0 Å². The standard InChI is InChI=1S/C15H28N2O2/c1-12-6-8-15(11-18,9-7-12)17-14(19)13-5-3-2-4-10-16-13/h12-13,16,18H,2-11H2,1H3,(H,17,19). The van der Waals surface area contributed by atoms with E-state index in [4.69, 9.17) is 0 Å². The maximum absolute atomic E-state index is 12.4. The minimum Gasteiger partial charge on any atom is -0.394 e. The average molecular weight is 268 g/mol. The SMILES string of the molecule is CC1CCC(CO)(NC(=O)C2CCCCCN2)CC1. The lowest BCUT2D eigenvalue weighted by Crippen LogP contribution is -2.57. The van der Waals surface area contributed by atoms with E-state index in [9.17, 15) is 9.90 Å². The molecule has 1 saturated heterocycles. The number of aliphatic hydroxyl groups is 1. The Morgan fingerprint density at radius 3 is 2.68 bits per heavy atom. The van der Waals surface area contributed by atoms with Crippen molar-refractivity contribution in [3.63, 3.8) is 0 Å². The van der Waals surface area contributed by atoms with Crippen molar-refractivity contribution in [2.75, 3.05) is 13.2 Å². The fraction of sp³-hybridized carbons (Fsp3) is 0.933. The molecule has 1 amide bonds. The van der Waals surface area contributed by atoms with Gasteiger partial charge < -0.3 is 15.7 Å². The molecule has 1 unspecified atom stereocenters. The smallest absolute Gasteiger partial charge is 0.237 e. The third kappa shape index (κ3) is 3.93. The zero-order chi connectivity index (χ0) is 13.7. The second-order valence-corrected chi connectivity index (χ2v) is 6.47. The molecular formula is C15H28N2O2. The lowest BCUT2D eigenvalue weighted by Gasteiger charge is -2.39. The Balaban J connectivity index is 1.91. The second kappa shape index (κ2) is 6.71. The van der Waals surface area contributed by atoms with Crippen LogP contribution < -0.4 is 10.6 Å². The fourth-order valence-corrected chi connectivity index (χ4v) is 3.24. The van der Waals surface area contributed by atoms with Crippen molar-refractivity contribution in [1.82, 2.24) is 10.6 Å². The monoisotopic (exact) mass is 268 g/mol. The highest BCUT2D eigenvalue weighted by Gasteiger charge is 2.36. The lowest BCUT2D eigenvalue weighted by molar-refractivity contribution is -0.126. The summed E-state index contributed by atoms with van der Waals surface area (Å²) in [5.41, 5.74) is -0.364. The highest BCUT2D eigenvalue weighted by molar-refractivity contribution is 5.82. The summed E-state index contributed by atoms with van der Waals surface area (Å²) in [6.45, 7) is 3.25. The van der Waals surface area contributed by atoms with Gasteiger partial charge in [-0.3, -0.25) is 4.79 Å². The maximum Gasteiger partial charge on any atom is 0.237 e. The molecule has 4 heteroatoms. The number of aliphatic hydroxyl groups excluding tert-OH is 1. The molecule has 1 atom stereocenters. The molecule has 1 saturated carbocycles. The van der Waals surface area contributed by atoms with E-state index in [1.54, 1.807) is 0 Å². The first kappa shape index (κ1) is 14.8. The van der Waals surface area contributed by atoms with Crippen molar-refractivity contribution in [1.29, 1.82) is 0 Å². The summed E-state index contributed by atoms with van der Waals surface area (Å²) < 4.78 is 0. The number of amides is 1. The number of hydrogen-bond acceptors (Lipinski definition) is 3. The molecule has 0 aromatic carbocycles. The van der Waals surface area contributed by atoms with E-state index in [0.717, 1.165) is 51.5 Å². The normalized spacial score (nSPS) is 36.5. The van der Waals surface area contributed by atoms with E-state index in [1.807, 2.05) is 0 Å². The van der Waals surface area contributed by atoms with E-state index in [1.165, 1.54) is 6.42 Å². The second-order valence-electron chi connectivity index (χ2n) is 6.47. The minimum atomic E-state index is -0.364. The topological polar surface area (TPSA) is 61.4 Å². The summed E-state index contributed by atoms with van der Waals surface area (Å²) in [5.74, 6) is 0.804. The molecular weight excluding hydrogens is 240 g/mol. The van der Waals surface area contributed by atoms with Crippen LogP contribution >= 0.6 is 0 Å². The van der Waals surface area contributed by atoms with Crippen molar-refractivity contribution in [2.45, 2.75) is 69.9 Å². The predicted octanol–water partition coefficient (Wildman–Crippen LogP) is 1.58. The highest BCUT2D eigenvalue weighted by atomic mass is 16.3. The van der Waals surface area contributed by atoms with Crippen molar-refractivity contribution >= 4 is 5.91 Å². The molecule has 2 rings (SSSR count). The lowest BCUT2D eigenvalue weighted by atomic mass is 9.77. The van der Waals surface area contributed by atoms with Crippen LogP contribution in [0.25, 0.3) is 0 Å². The molecule has 0 bridgehead atoms. The Labute approximate surface area is 116 Å². The van der Waals surface area contributed by atoms with Gasteiger partial charge in [-0.15, -0.1) is 0 Å². The first-order chi connectivity index (χ1) is 9.15. The Kier molecular flexibility index (Phi) is 5.22. The Morgan fingerprint density at radius 1 is 1.26 bits per heavy atom. The molecule has 110 valence electrons. The van der Waals surface area contributed by atoms with Crippen LogP contribution in [-0.2, 0) is 4.79 Å². The number of hydrogen-bond donors (Lipinski definition) is 3. The van der Waals surface area contributed by atoms with Gasteiger partial charge in [0.05, 0.1) is 18.2 Å².